The van der Waals surface area contributed by atoms with Gasteiger partial charge in [0.2, 0.25) is 0 Å². The third-order valence-electron chi connectivity index (χ3n) is 6.45. The molecule has 4 rings (SSSR count). The summed E-state index contributed by atoms with van der Waals surface area (Å²) in [5.74, 6) is 1.85. The van der Waals surface area contributed by atoms with Crippen molar-refractivity contribution in [2.45, 2.75) is 63.8 Å². The predicted molar refractivity (Wildman–Crippen MR) is 90.4 cm³/mol. The van der Waals surface area contributed by atoms with Crippen molar-refractivity contribution < 1.29 is 13.6 Å². The summed E-state index contributed by atoms with van der Waals surface area (Å²) in [4.78, 5) is 15.0. The molecule has 0 radical (unpaired) electrons. The van der Waals surface area contributed by atoms with E-state index in [4.69, 9.17) is 0 Å². The molecule has 3 aliphatic carbocycles. The van der Waals surface area contributed by atoms with Crippen LogP contribution in [-0.4, -0.2) is 33.2 Å². The molecule has 1 amide bonds. The Kier molecular flexibility index (Phi) is 4.54. The molecule has 4 nitrogen and oxygen atoms in total. The average Bonchev–Trinajstić information content (AvgIpc) is 3.15. The fourth-order valence-corrected chi connectivity index (χ4v) is 5.15. The summed E-state index contributed by atoms with van der Waals surface area (Å²) in [6, 6.07) is 0.236. The number of alkyl halides is 2. The van der Waals surface area contributed by atoms with Gasteiger partial charge in [-0.1, -0.05) is 25.7 Å². The van der Waals surface area contributed by atoms with Crippen LogP contribution >= 0.6 is 0 Å². The molecule has 1 heterocycles. The van der Waals surface area contributed by atoms with Crippen molar-refractivity contribution in [3.05, 3.63) is 17.5 Å². The summed E-state index contributed by atoms with van der Waals surface area (Å²) in [5.41, 5.74) is -0.288. The first-order valence-electron chi connectivity index (χ1n) is 9.67. The van der Waals surface area contributed by atoms with E-state index in [2.05, 4.69) is 5.10 Å². The Morgan fingerprint density at radius 1 is 1.24 bits per heavy atom. The number of rotatable bonds is 5. The van der Waals surface area contributed by atoms with Gasteiger partial charge in [-0.25, -0.2) is 8.78 Å². The Morgan fingerprint density at radius 3 is 2.64 bits per heavy atom. The molecule has 25 heavy (non-hydrogen) atoms. The van der Waals surface area contributed by atoms with Crippen LogP contribution in [0.3, 0.4) is 0 Å². The number of amides is 1. The lowest BCUT2D eigenvalue weighted by atomic mass is 9.73. The van der Waals surface area contributed by atoms with E-state index in [0.717, 1.165) is 31.2 Å². The SMILES string of the molecule is Cn1cc(C(=O)N(CC2CCCC3CCCC32)C2CC2)c(C(F)F)n1. The van der Waals surface area contributed by atoms with Gasteiger partial charge in [0.15, 0.2) is 0 Å². The van der Waals surface area contributed by atoms with E-state index in [1.807, 2.05) is 4.90 Å². The molecular weight excluding hydrogens is 324 g/mol. The highest BCUT2D eigenvalue weighted by Crippen LogP contribution is 2.46. The maximum atomic E-state index is 13.3. The molecule has 3 atom stereocenters. The van der Waals surface area contributed by atoms with Crippen LogP contribution < -0.4 is 0 Å². The fraction of sp³-hybridized carbons (Fsp3) is 0.789. The minimum absolute atomic E-state index is 0.0863. The second kappa shape index (κ2) is 6.69. The van der Waals surface area contributed by atoms with Crippen LogP contribution in [0, 0.1) is 17.8 Å². The highest BCUT2D eigenvalue weighted by molar-refractivity contribution is 5.95. The number of hydrogen-bond acceptors (Lipinski definition) is 2. The Morgan fingerprint density at radius 2 is 1.96 bits per heavy atom. The second-order valence-corrected chi connectivity index (χ2v) is 8.14. The summed E-state index contributed by atoms with van der Waals surface area (Å²) < 4.78 is 27.9. The molecular formula is C19H27F2N3O. The van der Waals surface area contributed by atoms with Crippen molar-refractivity contribution in [1.82, 2.24) is 14.7 Å². The Labute approximate surface area is 147 Å². The number of nitrogens with zero attached hydrogens (tertiary/aromatic N) is 3. The normalized spacial score (nSPS) is 29.0. The van der Waals surface area contributed by atoms with E-state index in [9.17, 15) is 13.6 Å². The largest absolute Gasteiger partial charge is 0.335 e. The Balaban J connectivity index is 1.54. The predicted octanol–water partition coefficient (Wildman–Crippen LogP) is 4.18. The van der Waals surface area contributed by atoms with E-state index in [1.165, 1.54) is 49.4 Å². The first-order chi connectivity index (χ1) is 12.0. The van der Waals surface area contributed by atoms with Gasteiger partial charge in [-0.3, -0.25) is 9.48 Å². The molecule has 0 aliphatic heterocycles. The highest BCUT2D eigenvalue weighted by Gasteiger charge is 2.41. The molecule has 3 unspecified atom stereocenters. The molecule has 0 N–H and O–H groups in total. The van der Waals surface area contributed by atoms with Crippen LogP contribution in [0.25, 0.3) is 0 Å². The average molecular weight is 351 g/mol. The van der Waals surface area contributed by atoms with Crippen LogP contribution in [0.15, 0.2) is 6.20 Å². The monoisotopic (exact) mass is 351 g/mol. The van der Waals surface area contributed by atoms with Crippen LogP contribution in [0.2, 0.25) is 0 Å². The number of aromatic nitrogens is 2. The zero-order valence-electron chi connectivity index (χ0n) is 14.8. The molecule has 3 fully saturated rings. The molecule has 1 aromatic rings. The number of carbonyl (C=O) groups excluding carboxylic acids is 1. The Hall–Kier alpha value is -1.46. The minimum atomic E-state index is -2.71. The van der Waals surface area contributed by atoms with Crippen molar-refractivity contribution in [3.63, 3.8) is 0 Å². The standard InChI is InChI=1S/C19H27F2N3O/c1-23-11-16(17(22-23)18(20)21)19(25)24(14-8-9-14)10-13-6-2-4-12-5-3-7-15(12)13/h11-15,18H,2-10H2,1H3. The fourth-order valence-electron chi connectivity index (χ4n) is 5.15. The Bertz CT molecular complexity index is 641. The van der Waals surface area contributed by atoms with Crippen LogP contribution in [0.1, 0.15) is 73.8 Å². The maximum absolute atomic E-state index is 13.3. The van der Waals surface area contributed by atoms with Crippen molar-refractivity contribution in [2.24, 2.45) is 24.8 Å². The van der Waals surface area contributed by atoms with Crippen molar-refractivity contribution in [3.8, 4) is 0 Å². The van der Waals surface area contributed by atoms with Gasteiger partial charge in [-0.2, -0.15) is 5.10 Å². The summed E-state index contributed by atoms with van der Waals surface area (Å²) in [6.45, 7) is 0.738. The zero-order valence-corrected chi connectivity index (χ0v) is 14.8. The summed E-state index contributed by atoms with van der Waals surface area (Å²) in [6.07, 6.45) is 8.40. The van der Waals surface area contributed by atoms with Gasteiger partial charge in [0.25, 0.3) is 12.3 Å². The number of hydrogen-bond donors (Lipinski definition) is 0. The smallest absolute Gasteiger partial charge is 0.282 e. The lowest BCUT2D eigenvalue weighted by molar-refractivity contribution is 0.0622. The van der Waals surface area contributed by atoms with Crippen molar-refractivity contribution >= 4 is 5.91 Å². The van der Waals surface area contributed by atoms with Crippen molar-refractivity contribution in [1.29, 1.82) is 0 Å². The molecule has 138 valence electrons. The molecule has 1 aromatic heterocycles. The number of aryl methyl sites for hydroxylation is 1. The molecule has 0 saturated heterocycles. The van der Waals surface area contributed by atoms with Crippen LogP contribution in [0.4, 0.5) is 8.78 Å². The van der Waals surface area contributed by atoms with E-state index in [1.54, 1.807) is 7.05 Å². The van der Waals surface area contributed by atoms with Gasteiger partial charge < -0.3 is 4.90 Å². The second-order valence-electron chi connectivity index (χ2n) is 8.14. The number of carbonyl (C=O) groups is 1. The van der Waals surface area contributed by atoms with Gasteiger partial charge in [-0.05, 0) is 43.4 Å². The van der Waals surface area contributed by atoms with Crippen LogP contribution in [-0.2, 0) is 7.05 Å². The van der Waals surface area contributed by atoms with E-state index in [-0.39, 0.29) is 23.2 Å². The molecule has 0 aromatic carbocycles. The number of fused-ring (bicyclic) bond motifs is 1. The van der Waals surface area contributed by atoms with Gasteiger partial charge in [0.1, 0.15) is 5.69 Å². The topological polar surface area (TPSA) is 38.1 Å². The van der Waals surface area contributed by atoms with Gasteiger partial charge in [-0.15, -0.1) is 0 Å². The first kappa shape index (κ1) is 17.0. The molecule has 3 aliphatic rings. The van der Waals surface area contributed by atoms with Crippen LogP contribution in [0.5, 0.6) is 0 Å². The third-order valence-corrected chi connectivity index (χ3v) is 6.45. The van der Waals surface area contributed by atoms with Crippen molar-refractivity contribution in [2.75, 3.05) is 6.54 Å². The highest BCUT2D eigenvalue weighted by atomic mass is 19.3. The maximum Gasteiger partial charge on any atom is 0.282 e. The van der Waals surface area contributed by atoms with Gasteiger partial charge >= 0.3 is 0 Å². The van der Waals surface area contributed by atoms with E-state index < -0.39 is 6.43 Å². The molecule has 0 spiro atoms. The first-order valence-corrected chi connectivity index (χ1v) is 9.67. The summed E-state index contributed by atoms with van der Waals surface area (Å²) in [7, 11) is 1.59. The minimum Gasteiger partial charge on any atom is -0.335 e. The molecule has 3 saturated carbocycles. The summed E-state index contributed by atoms with van der Waals surface area (Å²) in [5, 5.41) is 3.81. The quantitative estimate of drug-likeness (QED) is 0.798. The lowest BCUT2D eigenvalue weighted by Gasteiger charge is -2.37. The molecule has 6 heteroatoms. The molecule has 0 bridgehead atoms. The van der Waals surface area contributed by atoms with E-state index in [0.29, 0.717) is 5.92 Å². The summed E-state index contributed by atoms with van der Waals surface area (Å²) >= 11 is 0. The lowest BCUT2D eigenvalue weighted by Crippen LogP contribution is -2.41. The van der Waals surface area contributed by atoms with Gasteiger partial charge in [0, 0.05) is 25.8 Å². The van der Waals surface area contributed by atoms with E-state index >= 15 is 0 Å². The number of halogens is 2. The third kappa shape index (κ3) is 3.32. The zero-order chi connectivity index (χ0) is 17.6. The van der Waals surface area contributed by atoms with Gasteiger partial charge in [0.05, 0.1) is 5.56 Å².